The second kappa shape index (κ2) is 6.16. The Balaban J connectivity index is 1.58. The molecule has 24 heavy (non-hydrogen) atoms. The maximum Gasteiger partial charge on any atom is 0.325 e. The summed E-state index contributed by atoms with van der Waals surface area (Å²) in [5.41, 5.74) is 0.966. The molecule has 1 atom stereocenters. The minimum absolute atomic E-state index is 0.239. The van der Waals surface area contributed by atoms with Crippen molar-refractivity contribution < 1.29 is 9.47 Å². The molecule has 7 heteroatoms. The fourth-order valence-electron chi connectivity index (χ4n) is 3.48. The van der Waals surface area contributed by atoms with Gasteiger partial charge in [0.05, 0.1) is 0 Å². The van der Waals surface area contributed by atoms with Crippen LogP contribution in [0.25, 0.3) is 0 Å². The molecule has 2 aliphatic heterocycles. The zero-order valence-electron chi connectivity index (χ0n) is 13.2. The second-order valence-corrected chi connectivity index (χ2v) is 6.14. The van der Waals surface area contributed by atoms with E-state index in [1.807, 2.05) is 12.1 Å². The normalized spacial score (nSPS) is 20.2. The number of benzene rings is 1. The number of hydrogen-bond acceptors (Lipinski definition) is 5. The molecule has 7 nitrogen and oxygen atoms in total. The first-order valence-corrected chi connectivity index (χ1v) is 8.15. The molecule has 2 aliphatic rings. The smallest absolute Gasteiger partial charge is 0.325 e. The fraction of sp³-hybridized carbons (Fsp3) is 0.412. The molecule has 2 aromatic rings. The fourth-order valence-corrected chi connectivity index (χ4v) is 3.48. The molecule has 0 radical (unpaired) electrons. The highest BCUT2D eigenvalue weighted by Gasteiger charge is 2.27. The molecule has 3 heterocycles. The number of hydrogen-bond donors (Lipinski definition) is 2. The number of rotatable bonds is 3. The van der Waals surface area contributed by atoms with Crippen LogP contribution in [0.1, 0.15) is 30.1 Å². The van der Waals surface area contributed by atoms with Gasteiger partial charge in [-0.3, -0.25) is 14.7 Å². The van der Waals surface area contributed by atoms with Crippen molar-refractivity contribution in [3.63, 3.8) is 0 Å². The number of aromatic nitrogens is 2. The summed E-state index contributed by atoms with van der Waals surface area (Å²) in [6.45, 7) is 2.61. The van der Waals surface area contributed by atoms with Gasteiger partial charge in [0, 0.05) is 24.3 Å². The van der Waals surface area contributed by atoms with Crippen LogP contribution >= 0.6 is 0 Å². The summed E-state index contributed by atoms with van der Waals surface area (Å²) in [4.78, 5) is 30.1. The average molecular weight is 329 g/mol. The molecule has 0 amide bonds. The first kappa shape index (κ1) is 15.0. The van der Waals surface area contributed by atoms with Crippen molar-refractivity contribution in [2.75, 3.05) is 19.8 Å². The molecule has 4 rings (SSSR count). The van der Waals surface area contributed by atoms with E-state index in [1.54, 1.807) is 0 Å². The summed E-state index contributed by atoms with van der Waals surface area (Å²) < 4.78 is 11.2. The molecule has 0 aliphatic carbocycles. The van der Waals surface area contributed by atoms with E-state index in [-0.39, 0.29) is 11.6 Å². The van der Waals surface area contributed by atoms with E-state index < -0.39 is 5.69 Å². The van der Waals surface area contributed by atoms with Crippen LogP contribution in [0.4, 0.5) is 0 Å². The molecule has 126 valence electrons. The topological polar surface area (TPSA) is 87.4 Å². The van der Waals surface area contributed by atoms with Gasteiger partial charge in [0.15, 0.2) is 11.5 Å². The van der Waals surface area contributed by atoms with E-state index in [2.05, 4.69) is 20.9 Å². The van der Waals surface area contributed by atoms with Gasteiger partial charge in [-0.25, -0.2) is 4.79 Å². The van der Waals surface area contributed by atoms with E-state index in [0.717, 1.165) is 30.9 Å². The average Bonchev–Trinajstić information content (AvgIpc) is 3.01. The second-order valence-electron chi connectivity index (χ2n) is 6.14. The van der Waals surface area contributed by atoms with Crippen LogP contribution in [0, 0.1) is 0 Å². The summed E-state index contributed by atoms with van der Waals surface area (Å²) in [6.07, 6.45) is 2.11. The Morgan fingerprint density at radius 3 is 2.75 bits per heavy atom. The Hall–Kier alpha value is -2.54. The van der Waals surface area contributed by atoms with Crippen molar-refractivity contribution in [2.45, 2.75) is 25.4 Å². The third-order valence-corrected chi connectivity index (χ3v) is 4.50. The lowest BCUT2D eigenvalue weighted by Gasteiger charge is -2.26. The molecule has 1 aromatic carbocycles. The van der Waals surface area contributed by atoms with Crippen LogP contribution in [0.15, 0.2) is 33.9 Å². The summed E-state index contributed by atoms with van der Waals surface area (Å²) in [6, 6.07) is 7.74. The van der Waals surface area contributed by atoms with Crippen molar-refractivity contribution in [1.29, 1.82) is 0 Å². The molecule has 1 fully saturated rings. The molecule has 0 bridgehead atoms. The predicted octanol–water partition coefficient (Wildman–Crippen LogP) is 1.17. The van der Waals surface area contributed by atoms with Crippen molar-refractivity contribution in [3.8, 4) is 11.5 Å². The Bertz CT molecular complexity index is 829. The van der Waals surface area contributed by atoms with Gasteiger partial charge in [0.1, 0.15) is 13.2 Å². The van der Waals surface area contributed by atoms with Gasteiger partial charge in [-0.15, -0.1) is 0 Å². The van der Waals surface area contributed by atoms with Crippen LogP contribution in [-0.4, -0.2) is 34.6 Å². The highest BCUT2D eigenvalue weighted by molar-refractivity contribution is 5.44. The van der Waals surface area contributed by atoms with Crippen molar-refractivity contribution in [3.05, 3.63) is 56.4 Å². The highest BCUT2D eigenvalue weighted by Crippen LogP contribution is 2.38. The Labute approximate surface area is 138 Å². The molecule has 0 unspecified atom stereocenters. The van der Waals surface area contributed by atoms with Crippen molar-refractivity contribution >= 4 is 0 Å². The van der Waals surface area contributed by atoms with Gasteiger partial charge >= 0.3 is 5.69 Å². The summed E-state index contributed by atoms with van der Waals surface area (Å²) in [5.74, 6) is 1.57. The lowest BCUT2D eigenvalue weighted by atomic mass is 10.0. The van der Waals surface area contributed by atoms with Crippen LogP contribution in [0.5, 0.6) is 11.5 Å². The number of nitrogens with one attached hydrogen (secondary N) is 2. The standard InChI is InChI=1S/C17H19N3O4/c21-16-9-12(18-17(22)19-16)10-20-5-1-2-13(20)11-3-4-14-15(8-11)24-7-6-23-14/h3-4,8-9,13H,1-2,5-7,10H2,(H2,18,19,21,22)/t13-/m0/s1. The third kappa shape index (κ3) is 2.94. The minimum atomic E-state index is -0.465. The van der Waals surface area contributed by atoms with Gasteiger partial charge in [0.25, 0.3) is 5.56 Å². The van der Waals surface area contributed by atoms with E-state index in [4.69, 9.17) is 9.47 Å². The van der Waals surface area contributed by atoms with Gasteiger partial charge in [-0.1, -0.05) is 6.07 Å². The van der Waals surface area contributed by atoms with Crippen molar-refractivity contribution in [2.24, 2.45) is 0 Å². The largest absolute Gasteiger partial charge is 0.486 e. The third-order valence-electron chi connectivity index (χ3n) is 4.50. The number of likely N-dealkylation sites (tertiary alicyclic amines) is 1. The SMILES string of the molecule is O=c1cc(CN2CCC[C@H]2c2ccc3c(c2)OCCO3)[nH]c(=O)[nH]1. The summed E-state index contributed by atoms with van der Waals surface area (Å²) in [5, 5.41) is 0. The lowest BCUT2D eigenvalue weighted by molar-refractivity contribution is 0.170. The van der Waals surface area contributed by atoms with Gasteiger partial charge < -0.3 is 14.5 Å². The highest BCUT2D eigenvalue weighted by atomic mass is 16.6. The van der Waals surface area contributed by atoms with Gasteiger partial charge in [-0.05, 0) is 37.1 Å². The molecule has 0 saturated carbocycles. The van der Waals surface area contributed by atoms with Crippen LogP contribution in [0.3, 0.4) is 0 Å². The first-order valence-electron chi connectivity index (χ1n) is 8.15. The van der Waals surface area contributed by atoms with Crippen LogP contribution in [0.2, 0.25) is 0 Å². The van der Waals surface area contributed by atoms with Crippen molar-refractivity contribution in [1.82, 2.24) is 14.9 Å². The van der Waals surface area contributed by atoms with E-state index in [9.17, 15) is 9.59 Å². The molecular formula is C17H19N3O4. The Morgan fingerprint density at radius 1 is 1.08 bits per heavy atom. The minimum Gasteiger partial charge on any atom is -0.486 e. The number of nitrogens with zero attached hydrogens (tertiary/aromatic N) is 1. The van der Waals surface area contributed by atoms with Gasteiger partial charge in [0.2, 0.25) is 0 Å². The Morgan fingerprint density at radius 2 is 1.92 bits per heavy atom. The molecule has 0 spiro atoms. The maximum atomic E-state index is 11.5. The monoisotopic (exact) mass is 329 g/mol. The zero-order chi connectivity index (χ0) is 16.5. The molecule has 2 N–H and O–H groups in total. The number of fused-ring (bicyclic) bond motifs is 1. The number of ether oxygens (including phenoxy) is 2. The van der Waals surface area contributed by atoms with Gasteiger partial charge in [-0.2, -0.15) is 0 Å². The number of aromatic amines is 2. The van der Waals surface area contributed by atoms with Crippen LogP contribution in [-0.2, 0) is 6.54 Å². The Kier molecular flexibility index (Phi) is 3.86. The zero-order valence-corrected chi connectivity index (χ0v) is 13.2. The summed E-state index contributed by atoms with van der Waals surface area (Å²) >= 11 is 0. The maximum absolute atomic E-state index is 11.5. The van der Waals surface area contributed by atoms with E-state index >= 15 is 0 Å². The molecule has 1 aromatic heterocycles. The lowest BCUT2D eigenvalue weighted by Crippen LogP contribution is -2.28. The predicted molar refractivity (Wildman–Crippen MR) is 87.5 cm³/mol. The molecular weight excluding hydrogens is 310 g/mol. The molecule has 1 saturated heterocycles. The van der Waals surface area contributed by atoms with E-state index in [1.165, 1.54) is 11.6 Å². The quantitative estimate of drug-likeness (QED) is 0.883. The summed E-state index contributed by atoms with van der Waals surface area (Å²) in [7, 11) is 0. The van der Waals surface area contributed by atoms with E-state index in [0.29, 0.717) is 25.5 Å². The van der Waals surface area contributed by atoms with Crippen LogP contribution < -0.4 is 20.7 Å². The first-order chi connectivity index (χ1) is 11.7. The number of H-pyrrole nitrogens is 2.